The maximum atomic E-state index is 13.1. The zero-order valence-corrected chi connectivity index (χ0v) is 18.9. The molecular formula is C27H27N3O3. The molecule has 168 valence electrons. The van der Waals surface area contributed by atoms with E-state index in [9.17, 15) is 9.59 Å². The van der Waals surface area contributed by atoms with Gasteiger partial charge in [0.1, 0.15) is 11.5 Å². The second-order valence-corrected chi connectivity index (χ2v) is 8.74. The number of furan rings is 1. The van der Waals surface area contributed by atoms with Crippen LogP contribution in [0.4, 0.5) is 5.69 Å². The molecule has 1 fully saturated rings. The van der Waals surface area contributed by atoms with Crippen LogP contribution < -0.4 is 5.32 Å². The number of nitrogens with one attached hydrogen (secondary N) is 1. The largest absolute Gasteiger partial charge is 0.457 e. The summed E-state index contributed by atoms with van der Waals surface area (Å²) in [5.74, 6) is 1.18. The molecule has 0 bridgehead atoms. The Labute approximate surface area is 193 Å². The van der Waals surface area contributed by atoms with Crippen molar-refractivity contribution in [3.8, 4) is 11.3 Å². The molecule has 2 amide bonds. The molecule has 33 heavy (non-hydrogen) atoms. The molecule has 1 saturated heterocycles. The highest BCUT2D eigenvalue weighted by molar-refractivity contribution is 6.35. The summed E-state index contributed by atoms with van der Waals surface area (Å²) in [7, 11) is 2.09. The second-order valence-electron chi connectivity index (χ2n) is 8.74. The molecule has 0 saturated carbocycles. The van der Waals surface area contributed by atoms with Crippen molar-refractivity contribution in [2.24, 2.45) is 0 Å². The quantitative estimate of drug-likeness (QED) is 0.607. The minimum atomic E-state index is -0.132. The smallest absolute Gasteiger partial charge is 0.256 e. The molecule has 3 heterocycles. The van der Waals surface area contributed by atoms with E-state index in [0.717, 1.165) is 55.0 Å². The van der Waals surface area contributed by atoms with Crippen molar-refractivity contribution in [3.63, 3.8) is 0 Å². The van der Waals surface area contributed by atoms with E-state index in [1.807, 2.05) is 66.4 Å². The molecule has 0 aliphatic carbocycles. The van der Waals surface area contributed by atoms with Crippen molar-refractivity contribution in [1.29, 1.82) is 0 Å². The van der Waals surface area contributed by atoms with Crippen LogP contribution in [0, 0.1) is 6.92 Å². The Morgan fingerprint density at radius 2 is 1.88 bits per heavy atom. The highest BCUT2D eigenvalue weighted by Crippen LogP contribution is 2.36. The molecule has 1 aromatic heterocycles. The Morgan fingerprint density at radius 1 is 1.03 bits per heavy atom. The number of hydrogen-bond acceptors (Lipinski definition) is 4. The number of amides is 2. The number of rotatable bonds is 3. The van der Waals surface area contributed by atoms with Gasteiger partial charge in [0.05, 0.1) is 11.3 Å². The lowest BCUT2D eigenvalue weighted by Gasteiger charge is -2.20. The average Bonchev–Trinajstić information content (AvgIpc) is 3.34. The summed E-state index contributed by atoms with van der Waals surface area (Å²) in [6, 6.07) is 17.1. The molecule has 0 atom stereocenters. The molecule has 3 aromatic rings. The molecule has 1 N–H and O–H groups in total. The lowest BCUT2D eigenvalue weighted by Crippen LogP contribution is -2.34. The van der Waals surface area contributed by atoms with Crippen LogP contribution in [0.5, 0.6) is 0 Å². The number of para-hydroxylation sites is 1. The Kier molecular flexibility index (Phi) is 5.60. The average molecular weight is 442 g/mol. The molecule has 2 aromatic carbocycles. The number of hydrogen-bond donors (Lipinski definition) is 1. The van der Waals surface area contributed by atoms with Crippen molar-refractivity contribution in [2.45, 2.75) is 13.3 Å². The van der Waals surface area contributed by atoms with Crippen LogP contribution in [0.25, 0.3) is 23.0 Å². The van der Waals surface area contributed by atoms with E-state index in [1.54, 1.807) is 6.08 Å². The molecule has 0 unspecified atom stereocenters. The standard InChI is InChI=1S/C27H27N3O3/c1-18-6-3-9-22-23(26(31)28-25(18)22)17-21-10-11-24(33-21)19-7-4-8-20(16-19)27(32)30-13-5-12-29(2)14-15-30/h3-4,6-11,16-17H,5,12-15H2,1-2H3,(H,28,31)/b23-17+. The lowest BCUT2D eigenvalue weighted by molar-refractivity contribution is -0.110. The SMILES string of the molecule is Cc1cccc2c1NC(=O)/C2=C/c1ccc(-c2cccc(C(=O)N3CCCN(C)CC3)c2)o1. The molecule has 2 aliphatic heterocycles. The van der Waals surface area contributed by atoms with Gasteiger partial charge >= 0.3 is 0 Å². The van der Waals surface area contributed by atoms with Gasteiger partial charge in [-0.3, -0.25) is 9.59 Å². The van der Waals surface area contributed by atoms with E-state index in [1.165, 1.54) is 0 Å². The number of fused-ring (bicyclic) bond motifs is 1. The van der Waals surface area contributed by atoms with E-state index in [-0.39, 0.29) is 11.8 Å². The maximum Gasteiger partial charge on any atom is 0.256 e. The van der Waals surface area contributed by atoms with Crippen LogP contribution >= 0.6 is 0 Å². The van der Waals surface area contributed by atoms with Gasteiger partial charge in [0.25, 0.3) is 11.8 Å². The van der Waals surface area contributed by atoms with Gasteiger partial charge in [0, 0.05) is 36.3 Å². The van der Waals surface area contributed by atoms with E-state index in [2.05, 4.69) is 17.3 Å². The van der Waals surface area contributed by atoms with Crippen LogP contribution in [0.1, 0.15) is 33.7 Å². The van der Waals surface area contributed by atoms with Gasteiger partial charge in [-0.15, -0.1) is 0 Å². The van der Waals surface area contributed by atoms with E-state index >= 15 is 0 Å². The van der Waals surface area contributed by atoms with Crippen LogP contribution in [0.2, 0.25) is 0 Å². The topological polar surface area (TPSA) is 65.8 Å². The van der Waals surface area contributed by atoms with Crippen molar-refractivity contribution in [1.82, 2.24) is 9.80 Å². The van der Waals surface area contributed by atoms with Crippen LogP contribution in [0.3, 0.4) is 0 Å². The van der Waals surface area contributed by atoms with Gasteiger partial charge < -0.3 is 19.5 Å². The fraction of sp³-hybridized carbons (Fsp3) is 0.259. The first-order valence-electron chi connectivity index (χ1n) is 11.3. The summed E-state index contributed by atoms with van der Waals surface area (Å²) in [5.41, 5.74) is 4.85. The lowest BCUT2D eigenvalue weighted by atomic mass is 10.0. The number of carbonyl (C=O) groups is 2. The number of nitrogens with zero attached hydrogens (tertiary/aromatic N) is 2. The van der Waals surface area contributed by atoms with Gasteiger partial charge in [-0.2, -0.15) is 0 Å². The minimum absolute atomic E-state index is 0.0515. The first-order chi connectivity index (χ1) is 16.0. The molecule has 6 heteroatoms. The Balaban J connectivity index is 1.39. The van der Waals surface area contributed by atoms with Gasteiger partial charge in [-0.1, -0.05) is 30.3 Å². The summed E-state index contributed by atoms with van der Waals surface area (Å²) in [6.07, 6.45) is 2.75. The zero-order valence-electron chi connectivity index (χ0n) is 18.9. The number of likely N-dealkylation sites (N-methyl/N-ethyl adjacent to an activating group) is 1. The van der Waals surface area contributed by atoms with Gasteiger partial charge in [0.15, 0.2) is 0 Å². The minimum Gasteiger partial charge on any atom is -0.457 e. The number of carbonyl (C=O) groups excluding carboxylic acids is 2. The summed E-state index contributed by atoms with van der Waals surface area (Å²) >= 11 is 0. The number of anilines is 1. The van der Waals surface area contributed by atoms with Crippen molar-refractivity contribution in [3.05, 3.63) is 77.0 Å². The van der Waals surface area contributed by atoms with Crippen LogP contribution in [-0.2, 0) is 4.79 Å². The fourth-order valence-electron chi connectivity index (χ4n) is 4.47. The molecular weight excluding hydrogens is 414 g/mol. The van der Waals surface area contributed by atoms with E-state index in [4.69, 9.17) is 4.42 Å². The highest BCUT2D eigenvalue weighted by atomic mass is 16.3. The Hall–Kier alpha value is -3.64. The highest BCUT2D eigenvalue weighted by Gasteiger charge is 2.25. The fourth-order valence-corrected chi connectivity index (χ4v) is 4.47. The van der Waals surface area contributed by atoms with Gasteiger partial charge in [-0.05, 0) is 62.8 Å². The predicted molar refractivity (Wildman–Crippen MR) is 130 cm³/mol. The number of benzene rings is 2. The zero-order chi connectivity index (χ0) is 22.9. The van der Waals surface area contributed by atoms with Gasteiger partial charge in [0.2, 0.25) is 0 Å². The molecule has 0 radical (unpaired) electrons. The Morgan fingerprint density at radius 3 is 2.76 bits per heavy atom. The molecule has 5 rings (SSSR count). The third kappa shape index (κ3) is 4.22. The monoisotopic (exact) mass is 441 g/mol. The summed E-state index contributed by atoms with van der Waals surface area (Å²) in [5, 5.41) is 2.94. The summed E-state index contributed by atoms with van der Waals surface area (Å²) < 4.78 is 6.05. The van der Waals surface area contributed by atoms with Crippen molar-refractivity contribution >= 4 is 29.2 Å². The predicted octanol–water partition coefficient (Wildman–Crippen LogP) is 4.53. The summed E-state index contributed by atoms with van der Waals surface area (Å²) in [6.45, 7) is 5.38. The van der Waals surface area contributed by atoms with E-state index in [0.29, 0.717) is 22.7 Å². The second kappa shape index (κ2) is 8.71. The van der Waals surface area contributed by atoms with Crippen LogP contribution in [0.15, 0.2) is 59.0 Å². The third-order valence-corrected chi connectivity index (χ3v) is 6.36. The summed E-state index contributed by atoms with van der Waals surface area (Å²) in [4.78, 5) is 29.8. The number of aryl methyl sites for hydroxylation is 1. The van der Waals surface area contributed by atoms with Crippen molar-refractivity contribution in [2.75, 3.05) is 38.5 Å². The molecule has 6 nitrogen and oxygen atoms in total. The van der Waals surface area contributed by atoms with Crippen LogP contribution in [-0.4, -0.2) is 54.8 Å². The third-order valence-electron chi connectivity index (χ3n) is 6.36. The normalized spacial score (nSPS) is 17.7. The first-order valence-corrected chi connectivity index (χ1v) is 11.3. The Bertz CT molecular complexity index is 1260. The maximum absolute atomic E-state index is 13.1. The first kappa shape index (κ1) is 21.2. The molecule has 2 aliphatic rings. The van der Waals surface area contributed by atoms with Crippen molar-refractivity contribution < 1.29 is 14.0 Å². The van der Waals surface area contributed by atoms with E-state index < -0.39 is 0 Å². The molecule has 0 spiro atoms. The van der Waals surface area contributed by atoms with Gasteiger partial charge in [-0.25, -0.2) is 0 Å².